The molecule has 5 heteroatoms. The Morgan fingerprint density at radius 3 is 2.58 bits per heavy atom. The summed E-state index contributed by atoms with van der Waals surface area (Å²) < 4.78 is 0. The summed E-state index contributed by atoms with van der Waals surface area (Å²) in [6, 6.07) is 7.93. The van der Waals surface area contributed by atoms with E-state index in [1.165, 1.54) is 5.56 Å². The molecule has 1 saturated heterocycles. The molecule has 1 heterocycles. The molecule has 2 unspecified atom stereocenters. The van der Waals surface area contributed by atoms with Gasteiger partial charge in [0, 0.05) is 20.1 Å². The van der Waals surface area contributed by atoms with E-state index in [0.717, 1.165) is 5.56 Å². The van der Waals surface area contributed by atoms with Crippen LogP contribution in [0.3, 0.4) is 0 Å². The number of amides is 1. The van der Waals surface area contributed by atoms with E-state index < -0.39 is 6.10 Å². The minimum atomic E-state index is -0.397. The predicted octanol–water partition coefficient (Wildman–Crippen LogP) is 1.10. The number of carbonyl (C=O) groups excluding carboxylic acids is 1. The minimum absolute atomic E-state index is 0. The Balaban J connectivity index is 0.00000180. The van der Waals surface area contributed by atoms with Gasteiger partial charge in [0.1, 0.15) is 0 Å². The molecule has 0 spiro atoms. The Kier molecular flexibility index (Phi) is 5.79. The van der Waals surface area contributed by atoms with Gasteiger partial charge in [0.25, 0.3) is 0 Å². The van der Waals surface area contributed by atoms with Crippen molar-refractivity contribution in [2.75, 3.05) is 13.6 Å². The largest absolute Gasteiger partial charge is 0.392 e. The number of nitrogens with one attached hydrogen (secondary N) is 1. The van der Waals surface area contributed by atoms with Gasteiger partial charge < -0.3 is 15.3 Å². The molecule has 4 nitrogen and oxygen atoms in total. The fraction of sp³-hybridized carbons (Fsp3) is 0.500. The molecule has 1 aromatic rings. The molecule has 2 rings (SSSR count). The molecule has 1 amide bonds. The SMILES string of the molecule is Cc1ccc(CN(C)C(=O)C2CC(O)CN2)cc1.Cl. The third-order valence-electron chi connectivity index (χ3n) is 3.32. The fourth-order valence-corrected chi connectivity index (χ4v) is 2.22. The van der Waals surface area contributed by atoms with Gasteiger partial charge in [0.05, 0.1) is 12.1 Å². The molecule has 1 aliphatic rings. The molecule has 0 aliphatic carbocycles. The zero-order valence-corrected chi connectivity index (χ0v) is 12.1. The second kappa shape index (κ2) is 6.89. The van der Waals surface area contributed by atoms with Gasteiger partial charge in [-0.05, 0) is 18.9 Å². The number of aryl methyl sites for hydroxylation is 1. The topological polar surface area (TPSA) is 52.6 Å². The Morgan fingerprint density at radius 1 is 1.42 bits per heavy atom. The van der Waals surface area contributed by atoms with E-state index in [1.807, 2.05) is 31.2 Å². The van der Waals surface area contributed by atoms with Crippen molar-refractivity contribution in [2.24, 2.45) is 0 Å². The highest BCUT2D eigenvalue weighted by Crippen LogP contribution is 2.11. The van der Waals surface area contributed by atoms with Crippen molar-refractivity contribution in [2.45, 2.75) is 32.0 Å². The molecule has 1 aromatic carbocycles. The number of carbonyl (C=O) groups is 1. The second-order valence-corrected chi connectivity index (χ2v) is 5.03. The van der Waals surface area contributed by atoms with Gasteiger partial charge in [0.15, 0.2) is 0 Å². The van der Waals surface area contributed by atoms with Crippen molar-refractivity contribution in [3.63, 3.8) is 0 Å². The van der Waals surface area contributed by atoms with Crippen LogP contribution in [-0.2, 0) is 11.3 Å². The average Bonchev–Trinajstić information content (AvgIpc) is 2.78. The first-order valence-electron chi connectivity index (χ1n) is 6.28. The molecule has 1 fully saturated rings. The summed E-state index contributed by atoms with van der Waals surface area (Å²) in [7, 11) is 1.80. The molecule has 106 valence electrons. The van der Waals surface area contributed by atoms with Crippen LogP contribution >= 0.6 is 12.4 Å². The number of β-amino-alcohol motifs (C(OH)–C–C–N with tert-alkyl or cyclic N) is 1. The summed E-state index contributed by atoms with van der Waals surface area (Å²) >= 11 is 0. The number of rotatable bonds is 3. The van der Waals surface area contributed by atoms with Gasteiger partial charge in [-0.2, -0.15) is 0 Å². The van der Waals surface area contributed by atoms with Crippen LogP contribution in [0.4, 0.5) is 0 Å². The first-order chi connectivity index (χ1) is 8.56. The van der Waals surface area contributed by atoms with Crippen LogP contribution in [0.15, 0.2) is 24.3 Å². The van der Waals surface area contributed by atoms with Crippen LogP contribution < -0.4 is 5.32 Å². The van der Waals surface area contributed by atoms with Crippen LogP contribution in [0, 0.1) is 6.92 Å². The van der Waals surface area contributed by atoms with Gasteiger partial charge in [0.2, 0.25) is 5.91 Å². The second-order valence-electron chi connectivity index (χ2n) is 5.03. The highest BCUT2D eigenvalue weighted by atomic mass is 35.5. The molecule has 0 aromatic heterocycles. The maximum Gasteiger partial charge on any atom is 0.239 e. The zero-order valence-electron chi connectivity index (χ0n) is 11.3. The molecule has 19 heavy (non-hydrogen) atoms. The molecule has 1 aliphatic heterocycles. The molecule has 0 radical (unpaired) electrons. The van der Waals surface area contributed by atoms with Crippen molar-refractivity contribution < 1.29 is 9.90 Å². The monoisotopic (exact) mass is 284 g/mol. The van der Waals surface area contributed by atoms with Crippen LogP contribution in [0.1, 0.15) is 17.5 Å². The molecule has 0 saturated carbocycles. The Labute approximate surface area is 120 Å². The highest BCUT2D eigenvalue weighted by molar-refractivity contribution is 5.85. The Morgan fingerprint density at radius 2 is 2.05 bits per heavy atom. The van der Waals surface area contributed by atoms with Crippen LogP contribution in [0.2, 0.25) is 0 Å². The van der Waals surface area contributed by atoms with Crippen molar-refractivity contribution in [3.8, 4) is 0 Å². The van der Waals surface area contributed by atoms with Crippen LogP contribution in [0.5, 0.6) is 0 Å². The number of nitrogens with zero attached hydrogens (tertiary/aromatic N) is 1. The standard InChI is InChI=1S/C14H20N2O2.ClH/c1-10-3-5-11(6-4-10)9-16(2)14(18)13-7-12(17)8-15-13;/h3-6,12-13,15,17H,7-9H2,1-2H3;1H. The molecule has 2 N–H and O–H groups in total. The maximum absolute atomic E-state index is 12.1. The predicted molar refractivity (Wildman–Crippen MR) is 77.3 cm³/mol. The van der Waals surface area contributed by atoms with Crippen molar-refractivity contribution >= 4 is 18.3 Å². The maximum atomic E-state index is 12.1. The lowest BCUT2D eigenvalue weighted by Gasteiger charge is -2.21. The molecular weight excluding hydrogens is 264 g/mol. The van der Waals surface area contributed by atoms with Crippen molar-refractivity contribution in [3.05, 3.63) is 35.4 Å². The summed E-state index contributed by atoms with van der Waals surface area (Å²) in [6.07, 6.45) is 0.114. The van der Waals surface area contributed by atoms with Crippen LogP contribution in [0.25, 0.3) is 0 Å². The number of aliphatic hydroxyl groups excluding tert-OH is 1. The third-order valence-corrected chi connectivity index (χ3v) is 3.32. The minimum Gasteiger partial charge on any atom is -0.392 e. The summed E-state index contributed by atoms with van der Waals surface area (Å²) in [4.78, 5) is 13.8. The number of hydrogen-bond acceptors (Lipinski definition) is 3. The number of benzene rings is 1. The lowest BCUT2D eigenvalue weighted by molar-refractivity contribution is -0.132. The van der Waals surface area contributed by atoms with E-state index >= 15 is 0 Å². The number of hydrogen-bond donors (Lipinski definition) is 2. The number of aliphatic hydroxyl groups is 1. The normalized spacial score (nSPS) is 21.8. The zero-order chi connectivity index (χ0) is 13.1. The lowest BCUT2D eigenvalue weighted by atomic mass is 10.1. The summed E-state index contributed by atoms with van der Waals surface area (Å²) in [5.41, 5.74) is 2.34. The Hall–Kier alpha value is -1.10. The van der Waals surface area contributed by atoms with E-state index in [-0.39, 0.29) is 24.4 Å². The number of likely N-dealkylation sites (N-methyl/N-ethyl adjacent to an activating group) is 1. The van der Waals surface area contributed by atoms with Gasteiger partial charge in [-0.1, -0.05) is 29.8 Å². The summed E-state index contributed by atoms with van der Waals surface area (Å²) in [5.74, 6) is 0.0483. The van der Waals surface area contributed by atoms with Crippen molar-refractivity contribution in [1.29, 1.82) is 0 Å². The van der Waals surface area contributed by atoms with Gasteiger partial charge in [-0.15, -0.1) is 12.4 Å². The lowest BCUT2D eigenvalue weighted by Crippen LogP contribution is -2.41. The fourth-order valence-electron chi connectivity index (χ4n) is 2.22. The van der Waals surface area contributed by atoms with Crippen molar-refractivity contribution in [1.82, 2.24) is 10.2 Å². The Bertz CT molecular complexity index is 422. The molecule has 0 bridgehead atoms. The first-order valence-corrected chi connectivity index (χ1v) is 6.28. The van der Waals surface area contributed by atoms with Gasteiger partial charge >= 0.3 is 0 Å². The quantitative estimate of drug-likeness (QED) is 0.874. The van der Waals surface area contributed by atoms with Gasteiger partial charge in [-0.25, -0.2) is 0 Å². The van der Waals surface area contributed by atoms with E-state index in [1.54, 1.807) is 11.9 Å². The average molecular weight is 285 g/mol. The van der Waals surface area contributed by atoms with E-state index in [2.05, 4.69) is 5.32 Å². The number of halogens is 1. The summed E-state index contributed by atoms with van der Waals surface area (Å²) in [6.45, 7) is 3.16. The first kappa shape index (κ1) is 16.0. The van der Waals surface area contributed by atoms with E-state index in [0.29, 0.717) is 19.5 Å². The summed E-state index contributed by atoms with van der Waals surface area (Å²) in [5, 5.41) is 12.5. The third kappa shape index (κ3) is 4.20. The smallest absolute Gasteiger partial charge is 0.239 e. The van der Waals surface area contributed by atoms with E-state index in [9.17, 15) is 9.90 Å². The van der Waals surface area contributed by atoms with Gasteiger partial charge in [-0.3, -0.25) is 4.79 Å². The molecular formula is C14H21ClN2O2. The molecule has 2 atom stereocenters. The highest BCUT2D eigenvalue weighted by Gasteiger charge is 2.29. The van der Waals surface area contributed by atoms with Crippen LogP contribution in [-0.4, -0.2) is 41.7 Å². The van der Waals surface area contributed by atoms with E-state index in [4.69, 9.17) is 0 Å².